The summed E-state index contributed by atoms with van der Waals surface area (Å²) in [4.78, 5) is 37.4. The van der Waals surface area contributed by atoms with Crippen LogP contribution in [-0.2, 0) is 33.3 Å². The first kappa shape index (κ1) is 76.7. The third kappa shape index (κ3) is 62.3. The van der Waals surface area contributed by atoms with Gasteiger partial charge >= 0.3 is 17.9 Å². The molecule has 0 radical (unpaired) electrons. The highest BCUT2D eigenvalue weighted by Crippen LogP contribution is 2.13. The number of nitrogens with zero attached hydrogens (tertiary/aromatic N) is 1. The van der Waals surface area contributed by atoms with Crippen LogP contribution in [-0.4, -0.2) is 87.4 Å². The van der Waals surface area contributed by atoms with E-state index >= 15 is 0 Å². The molecule has 0 fully saturated rings. The molecule has 0 rings (SSSR count). The summed E-state index contributed by atoms with van der Waals surface area (Å²) in [5, 5.41) is 9.71. The van der Waals surface area contributed by atoms with Crippen LogP contribution in [0.3, 0.4) is 0 Å². The number of quaternary nitrogens is 1. The van der Waals surface area contributed by atoms with Crippen molar-refractivity contribution >= 4 is 17.9 Å². The molecule has 0 saturated carbocycles. The largest absolute Gasteiger partial charge is 0.477 e. The van der Waals surface area contributed by atoms with Crippen molar-refractivity contribution in [3.8, 4) is 0 Å². The number of esters is 2. The third-order valence-corrected chi connectivity index (χ3v) is 12.7. The molecule has 0 bridgehead atoms. The highest BCUT2D eigenvalue weighted by molar-refractivity contribution is 5.71. The average Bonchev–Trinajstić information content (AvgIpc) is 3.45. The van der Waals surface area contributed by atoms with Gasteiger partial charge < -0.3 is 28.5 Å². The van der Waals surface area contributed by atoms with E-state index in [1.54, 1.807) is 0 Å². The van der Waals surface area contributed by atoms with E-state index in [1.165, 1.54) is 51.4 Å². The zero-order chi connectivity index (χ0) is 59.8. The molecule has 0 aromatic heterocycles. The Morgan fingerprint density at radius 2 is 0.695 bits per heavy atom. The summed E-state index contributed by atoms with van der Waals surface area (Å²) >= 11 is 0. The molecule has 0 aliphatic rings. The molecule has 2 unspecified atom stereocenters. The molecule has 0 saturated heterocycles. The number of unbranched alkanes of at least 4 members (excludes halogenated alkanes) is 13. The zero-order valence-corrected chi connectivity index (χ0v) is 52.3. The van der Waals surface area contributed by atoms with Gasteiger partial charge in [0.25, 0.3) is 6.29 Å². The van der Waals surface area contributed by atoms with Crippen molar-refractivity contribution in [2.24, 2.45) is 0 Å². The molecule has 460 valence electrons. The van der Waals surface area contributed by atoms with Crippen molar-refractivity contribution in [1.29, 1.82) is 0 Å². The van der Waals surface area contributed by atoms with E-state index in [-0.39, 0.29) is 38.6 Å². The number of rotatable bonds is 56. The molecule has 0 amide bonds. The normalized spacial score (nSPS) is 13.9. The Labute approximate surface area is 501 Å². The summed E-state index contributed by atoms with van der Waals surface area (Å²) in [6.07, 6.45) is 90.2. The fourth-order valence-electron chi connectivity index (χ4n) is 7.85. The van der Waals surface area contributed by atoms with Crippen LogP contribution >= 0.6 is 0 Å². The SMILES string of the molecule is CC/C=C\C/C=C\C/C=C\C/C=C\C/C=C\C/C=C\C/C=C\C/C=C\C/C=C\C/C=C\C/C=C\C/C=C\CCCCC(=O)OC(COC(=O)CCCCCCCCC/C=C\C/C=C\CCCCCC)COC(OCC[N+](C)(C)C)C(=O)O. The van der Waals surface area contributed by atoms with Crippen LogP contribution in [0, 0.1) is 0 Å². The number of carboxylic acids is 1. The Morgan fingerprint density at radius 3 is 1.06 bits per heavy atom. The van der Waals surface area contributed by atoms with Gasteiger partial charge in [-0.15, -0.1) is 0 Å². The number of allylic oxidation sites excluding steroid dienone is 28. The lowest BCUT2D eigenvalue weighted by molar-refractivity contribution is -0.870. The van der Waals surface area contributed by atoms with Crippen LogP contribution in [0.2, 0.25) is 0 Å². The van der Waals surface area contributed by atoms with Gasteiger partial charge in [0.15, 0.2) is 6.10 Å². The second kappa shape index (κ2) is 61.7. The summed E-state index contributed by atoms with van der Waals surface area (Å²) in [5.74, 6) is -2.10. The Bertz CT molecular complexity index is 1950. The number of carbonyl (C=O) groups excluding carboxylic acids is 2. The molecule has 0 aliphatic carbocycles. The molecule has 0 aliphatic heterocycles. The van der Waals surface area contributed by atoms with Gasteiger partial charge in [-0.1, -0.05) is 235 Å². The average molecular weight is 1140 g/mol. The summed E-state index contributed by atoms with van der Waals surface area (Å²) < 4.78 is 22.8. The van der Waals surface area contributed by atoms with Crippen LogP contribution in [0.15, 0.2) is 170 Å². The minimum absolute atomic E-state index is 0.168. The Kier molecular flexibility index (Phi) is 57.7. The van der Waals surface area contributed by atoms with E-state index in [4.69, 9.17) is 18.9 Å². The predicted octanol–water partition coefficient (Wildman–Crippen LogP) is 19.5. The Balaban J connectivity index is 4.32. The van der Waals surface area contributed by atoms with Crippen molar-refractivity contribution in [3.05, 3.63) is 170 Å². The first-order valence-corrected chi connectivity index (χ1v) is 31.8. The lowest BCUT2D eigenvalue weighted by atomic mass is 10.1. The van der Waals surface area contributed by atoms with E-state index in [0.717, 1.165) is 128 Å². The van der Waals surface area contributed by atoms with Crippen LogP contribution < -0.4 is 0 Å². The van der Waals surface area contributed by atoms with Crippen molar-refractivity contribution in [2.45, 2.75) is 225 Å². The quantitative estimate of drug-likeness (QED) is 0.0211. The van der Waals surface area contributed by atoms with E-state index in [1.807, 2.05) is 21.1 Å². The van der Waals surface area contributed by atoms with Gasteiger partial charge in [0.05, 0.1) is 34.4 Å². The number of hydrogen-bond donors (Lipinski definition) is 1. The van der Waals surface area contributed by atoms with Crippen molar-refractivity contribution in [2.75, 3.05) is 47.5 Å². The molecule has 1 N–H and O–H groups in total. The maximum atomic E-state index is 12.9. The predicted molar refractivity (Wildman–Crippen MR) is 350 cm³/mol. The topological polar surface area (TPSA) is 108 Å². The number of likely N-dealkylation sites (N-methyl/N-ethyl adjacent to an activating group) is 1. The van der Waals surface area contributed by atoms with Gasteiger partial charge in [-0.25, -0.2) is 4.79 Å². The fraction of sp³-hybridized carbons (Fsp3) is 0.575. The van der Waals surface area contributed by atoms with Crippen molar-refractivity contribution in [3.63, 3.8) is 0 Å². The van der Waals surface area contributed by atoms with Crippen LogP contribution in [0.1, 0.15) is 213 Å². The van der Waals surface area contributed by atoms with E-state index < -0.39 is 24.3 Å². The Morgan fingerprint density at radius 1 is 0.378 bits per heavy atom. The number of carbonyl (C=O) groups is 3. The van der Waals surface area contributed by atoms with Crippen LogP contribution in [0.5, 0.6) is 0 Å². The molecule has 82 heavy (non-hydrogen) atoms. The molecule has 2 atom stereocenters. The zero-order valence-electron chi connectivity index (χ0n) is 52.3. The van der Waals surface area contributed by atoms with Gasteiger partial charge in [-0.05, 0) is 135 Å². The summed E-state index contributed by atoms with van der Waals surface area (Å²) in [6.45, 7) is 4.66. The van der Waals surface area contributed by atoms with Crippen molar-refractivity contribution < 1.29 is 42.9 Å². The fourth-order valence-corrected chi connectivity index (χ4v) is 7.85. The molecule has 9 nitrogen and oxygen atoms in total. The lowest BCUT2D eigenvalue weighted by Gasteiger charge is -2.25. The minimum atomic E-state index is -1.54. The maximum absolute atomic E-state index is 12.9. The first-order valence-electron chi connectivity index (χ1n) is 31.8. The molecule has 0 aromatic rings. The third-order valence-electron chi connectivity index (χ3n) is 12.7. The van der Waals surface area contributed by atoms with Crippen LogP contribution in [0.25, 0.3) is 0 Å². The summed E-state index contributed by atoms with van der Waals surface area (Å²) in [6, 6.07) is 0. The summed E-state index contributed by atoms with van der Waals surface area (Å²) in [5.41, 5.74) is 0. The van der Waals surface area contributed by atoms with Gasteiger partial charge in [-0.2, -0.15) is 0 Å². The smallest absolute Gasteiger partial charge is 0.361 e. The summed E-state index contributed by atoms with van der Waals surface area (Å²) in [7, 11) is 5.94. The molecule has 0 heterocycles. The van der Waals surface area contributed by atoms with Gasteiger partial charge in [0, 0.05) is 12.8 Å². The van der Waals surface area contributed by atoms with E-state index in [9.17, 15) is 19.5 Å². The minimum Gasteiger partial charge on any atom is -0.477 e. The number of hydrogen-bond acceptors (Lipinski definition) is 7. The Hall–Kier alpha value is -5.35. The second-order valence-electron chi connectivity index (χ2n) is 21.6. The maximum Gasteiger partial charge on any atom is 0.361 e. The standard InChI is InChI=1S/C73H115NO8/c1-6-8-10-12-14-16-18-20-22-24-26-27-28-29-30-31-32-33-34-35-36-37-38-39-40-41-42-43-44-45-46-48-50-52-54-56-58-60-62-64-71(76)82-69(68-81-73(72(77)78)79-66-65-74(3,4)5)67-80-70(75)63-61-59-57-55-53-51-49-47-25-23-21-19-17-15-13-11-9-7-2/h8,10,14,16-17,19-20,22-23,25-27,29-30,32-33,35-36,38-39,41-42,44-45,48,50,54,56,69,73H,6-7,9,11-13,15,18,21,24,28,31,34,37,40,43,46-47,49,51-53,55,57-68H2,1-5H3/p+1/b10-8-,16-14-,19-17-,22-20-,25-23-,27-26-,30-29-,33-32-,36-35-,39-38-,42-41-,45-44-,50-48-,56-54-. The van der Waals surface area contributed by atoms with Crippen molar-refractivity contribution in [1.82, 2.24) is 0 Å². The van der Waals surface area contributed by atoms with Gasteiger partial charge in [0.1, 0.15) is 13.2 Å². The molecule has 0 spiro atoms. The lowest BCUT2D eigenvalue weighted by Crippen LogP contribution is -2.40. The molecular weight excluding hydrogens is 1020 g/mol. The molecular formula is C73H116NO8+. The molecule has 9 heteroatoms. The number of aliphatic carboxylic acids is 1. The van der Waals surface area contributed by atoms with E-state index in [2.05, 4.69) is 184 Å². The highest BCUT2D eigenvalue weighted by atomic mass is 16.7. The first-order chi connectivity index (χ1) is 40.1. The van der Waals surface area contributed by atoms with E-state index in [0.29, 0.717) is 17.4 Å². The highest BCUT2D eigenvalue weighted by Gasteiger charge is 2.25. The van der Waals surface area contributed by atoms with Gasteiger partial charge in [0.2, 0.25) is 0 Å². The van der Waals surface area contributed by atoms with Gasteiger partial charge in [-0.3, -0.25) is 9.59 Å². The van der Waals surface area contributed by atoms with Crippen LogP contribution in [0.4, 0.5) is 0 Å². The monoisotopic (exact) mass is 1130 g/mol. The molecule has 0 aromatic carbocycles. The number of ether oxygens (including phenoxy) is 4. The number of carboxylic acid groups (broad SMARTS) is 1. The second-order valence-corrected chi connectivity index (χ2v) is 21.6.